The molecule has 25 heavy (non-hydrogen) atoms. The summed E-state index contributed by atoms with van der Waals surface area (Å²) >= 11 is 0. The summed E-state index contributed by atoms with van der Waals surface area (Å²) in [6.07, 6.45) is 4.49. The Morgan fingerprint density at radius 1 is 1.12 bits per heavy atom. The summed E-state index contributed by atoms with van der Waals surface area (Å²) in [5, 5.41) is 0. The molecule has 1 amide bonds. The molecule has 0 radical (unpaired) electrons. The lowest BCUT2D eigenvalue weighted by Gasteiger charge is -2.34. The van der Waals surface area contributed by atoms with Crippen molar-refractivity contribution in [1.29, 1.82) is 0 Å². The molecule has 4 nitrogen and oxygen atoms in total. The molecule has 142 valence electrons. The predicted molar refractivity (Wildman–Crippen MR) is 109 cm³/mol. The fourth-order valence-electron chi connectivity index (χ4n) is 3.85. The van der Waals surface area contributed by atoms with Crippen molar-refractivity contribution in [3.8, 4) is 0 Å². The minimum atomic E-state index is 0. The summed E-state index contributed by atoms with van der Waals surface area (Å²) in [6, 6.07) is 6.54. The number of nitrogens with two attached hydrogens (primary N) is 1. The normalized spacial score (nSPS) is 19.2. The first-order chi connectivity index (χ1) is 11.1. The van der Waals surface area contributed by atoms with E-state index in [4.69, 9.17) is 5.73 Å². The van der Waals surface area contributed by atoms with Crippen molar-refractivity contribution in [3.63, 3.8) is 0 Å². The molecule has 1 aromatic carbocycles. The van der Waals surface area contributed by atoms with Gasteiger partial charge in [-0.2, -0.15) is 0 Å². The molecular weight excluding hydrogens is 357 g/mol. The maximum absolute atomic E-state index is 13.1. The van der Waals surface area contributed by atoms with Crippen molar-refractivity contribution in [1.82, 2.24) is 4.90 Å². The van der Waals surface area contributed by atoms with Crippen LogP contribution in [-0.2, 0) is 0 Å². The Balaban J connectivity index is 0.00000156. The molecule has 1 atom stereocenters. The average molecular weight is 388 g/mol. The maximum atomic E-state index is 13.1. The summed E-state index contributed by atoms with van der Waals surface area (Å²) < 4.78 is 0. The highest BCUT2D eigenvalue weighted by Crippen LogP contribution is 2.28. The van der Waals surface area contributed by atoms with E-state index in [9.17, 15) is 4.79 Å². The number of carbonyl (C=O) groups excluding carboxylic acids is 1. The number of likely N-dealkylation sites (tertiary alicyclic amines) is 1. The quantitative estimate of drug-likeness (QED) is 0.860. The summed E-state index contributed by atoms with van der Waals surface area (Å²) in [6.45, 7) is 7.93. The fraction of sp³-hybridized carbons (Fsp3) is 0.632. The monoisotopic (exact) mass is 387 g/mol. The summed E-state index contributed by atoms with van der Waals surface area (Å²) in [4.78, 5) is 17.5. The van der Waals surface area contributed by atoms with Crippen molar-refractivity contribution in [2.45, 2.75) is 45.6 Å². The summed E-state index contributed by atoms with van der Waals surface area (Å²) in [5.74, 6) is 0.744. The van der Waals surface area contributed by atoms with Gasteiger partial charge in [-0.1, -0.05) is 11.6 Å². The largest absolute Gasteiger partial charge is 0.371 e. The molecule has 2 fully saturated rings. The lowest BCUT2D eigenvalue weighted by atomic mass is 9.90. The first kappa shape index (κ1) is 22.1. The molecule has 0 bridgehead atoms. The van der Waals surface area contributed by atoms with E-state index in [1.807, 2.05) is 4.90 Å². The molecule has 2 saturated heterocycles. The first-order valence-electron chi connectivity index (χ1n) is 8.96. The van der Waals surface area contributed by atoms with Crippen molar-refractivity contribution in [2.24, 2.45) is 11.7 Å². The fourth-order valence-corrected chi connectivity index (χ4v) is 3.85. The highest BCUT2D eigenvalue weighted by atomic mass is 35.5. The van der Waals surface area contributed by atoms with Crippen LogP contribution in [-0.4, -0.2) is 43.0 Å². The third-order valence-electron chi connectivity index (χ3n) is 5.40. The third kappa shape index (κ3) is 5.02. The molecule has 0 saturated carbocycles. The van der Waals surface area contributed by atoms with Crippen LogP contribution in [0.3, 0.4) is 0 Å². The molecular formula is C19H31Cl2N3O. The third-order valence-corrected chi connectivity index (χ3v) is 5.40. The average Bonchev–Trinajstić information content (AvgIpc) is 3.08. The molecule has 3 rings (SSSR count). The van der Waals surface area contributed by atoms with Crippen molar-refractivity contribution in [3.05, 3.63) is 29.3 Å². The number of piperidine rings is 1. The molecule has 2 heterocycles. The topological polar surface area (TPSA) is 49.6 Å². The molecule has 2 aliphatic heterocycles. The van der Waals surface area contributed by atoms with Crippen molar-refractivity contribution in [2.75, 3.05) is 31.1 Å². The van der Waals surface area contributed by atoms with E-state index < -0.39 is 0 Å². The van der Waals surface area contributed by atoms with Gasteiger partial charge in [-0.15, -0.1) is 24.8 Å². The highest BCUT2D eigenvalue weighted by molar-refractivity contribution is 6.00. The Kier molecular flexibility index (Phi) is 8.52. The Bertz CT molecular complexity index is 566. The number of hydrogen-bond donors (Lipinski definition) is 1. The van der Waals surface area contributed by atoms with Gasteiger partial charge in [-0.05, 0) is 57.6 Å². The number of anilines is 1. The number of carbonyl (C=O) groups is 1. The predicted octanol–water partition coefficient (Wildman–Crippen LogP) is 3.64. The van der Waals surface area contributed by atoms with Gasteiger partial charge in [-0.25, -0.2) is 0 Å². The number of amides is 1. The summed E-state index contributed by atoms with van der Waals surface area (Å²) in [7, 11) is 0. The number of rotatable bonds is 3. The van der Waals surface area contributed by atoms with E-state index in [0.29, 0.717) is 5.92 Å². The lowest BCUT2D eigenvalue weighted by Crippen LogP contribution is -2.43. The molecule has 1 aromatic rings. The number of aryl methyl sites for hydroxylation is 1. The van der Waals surface area contributed by atoms with E-state index in [-0.39, 0.29) is 36.8 Å². The van der Waals surface area contributed by atoms with Crippen LogP contribution in [0.15, 0.2) is 18.2 Å². The van der Waals surface area contributed by atoms with Crippen LogP contribution < -0.4 is 10.6 Å². The van der Waals surface area contributed by atoms with E-state index in [1.165, 1.54) is 12.8 Å². The second-order valence-electron chi connectivity index (χ2n) is 7.20. The minimum absolute atomic E-state index is 0. The van der Waals surface area contributed by atoms with E-state index >= 15 is 0 Å². The second-order valence-corrected chi connectivity index (χ2v) is 7.20. The van der Waals surface area contributed by atoms with Crippen LogP contribution >= 0.6 is 24.8 Å². The standard InChI is InChI=1S/C19H29N3O.2ClH/c1-14-5-6-18(21-9-3-4-10-21)17(13-14)19(23)22-11-7-16(8-12-22)15(2)20;;/h5-6,13,15-16H,3-4,7-12,20H2,1-2H3;2*1H. The van der Waals surface area contributed by atoms with Gasteiger partial charge in [0.15, 0.2) is 0 Å². The summed E-state index contributed by atoms with van der Waals surface area (Å²) in [5.41, 5.74) is 9.17. The number of halogens is 2. The zero-order valence-electron chi connectivity index (χ0n) is 15.2. The molecule has 2 aliphatic rings. The molecule has 1 unspecified atom stereocenters. The molecule has 0 aromatic heterocycles. The van der Waals surface area contributed by atoms with E-state index in [0.717, 1.165) is 55.8 Å². The van der Waals surface area contributed by atoms with Crippen molar-refractivity contribution >= 4 is 36.4 Å². The van der Waals surface area contributed by atoms with E-state index in [2.05, 4.69) is 36.9 Å². The van der Waals surface area contributed by atoms with E-state index in [1.54, 1.807) is 0 Å². The van der Waals surface area contributed by atoms with Crippen LogP contribution in [0, 0.1) is 12.8 Å². The van der Waals surface area contributed by atoms with Gasteiger partial charge in [0.05, 0.1) is 5.56 Å². The molecule has 0 aliphatic carbocycles. The lowest BCUT2D eigenvalue weighted by molar-refractivity contribution is 0.0681. The van der Waals surface area contributed by atoms with Crippen LogP contribution in [0.1, 0.15) is 48.5 Å². The SMILES string of the molecule is Cc1ccc(N2CCCC2)c(C(=O)N2CCC(C(C)N)CC2)c1.Cl.Cl. The van der Waals surface area contributed by atoms with Gasteiger partial charge in [0, 0.05) is 37.9 Å². The smallest absolute Gasteiger partial charge is 0.255 e. The van der Waals surface area contributed by atoms with Gasteiger partial charge < -0.3 is 15.5 Å². The van der Waals surface area contributed by atoms with Crippen LogP contribution in [0.5, 0.6) is 0 Å². The molecule has 0 spiro atoms. The van der Waals surface area contributed by atoms with Gasteiger partial charge in [0.2, 0.25) is 0 Å². The number of hydrogen-bond acceptors (Lipinski definition) is 3. The second kappa shape index (κ2) is 9.65. The number of benzene rings is 1. The van der Waals surface area contributed by atoms with Gasteiger partial charge in [0.1, 0.15) is 0 Å². The van der Waals surface area contributed by atoms with Crippen molar-refractivity contribution < 1.29 is 4.79 Å². The Morgan fingerprint density at radius 3 is 2.28 bits per heavy atom. The number of nitrogens with zero attached hydrogens (tertiary/aromatic N) is 2. The zero-order chi connectivity index (χ0) is 16.4. The Hall–Kier alpha value is -0.970. The Labute approximate surface area is 163 Å². The Morgan fingerprint density at radius 2 is 1.72 bits per heavy atom. The molecule has 6 heteroatoms. The first-order valence-corrected chi connectivity index (χ1v) is 8.96. The zero-order valence-corrected chi connectivity index (χ0v) is 16.9. The highest BCUT2D eigenvalue weighted by Gasteiger charge is 2.28. The van der Waals surface area contributed by atoms with Crippen LogP contribution in [0.4, 0.5) is 5.69 Å². The van der Waals surface area contributed by atoms with Crippen LogP contribution in [0.25, 0.3) is 0 Å². The maximum Gasteiger partial charge on any atom is 0.255 e. The van der Waals surface area contributed by atoms with Gasteiger partial charge in [0.25, 0.3) is 5.91 Å². The minimum Gasteiger partial charge on any atom is -0.371 e. The van der Waals surface area contributed by atoms with Gasteiger partial charge >= 0.3 is 0 Å². The molecule has 2 N–H and O–H groups in total. The van der Waals surface area contributed by atoms with Crippen LogP contribution in [0.2, 0.25) is 0 Å². The van der Waals surface area contributed by atoms with Gasteiger partial charge in [-0.3, -0.25) is 4.79 Å².